The zero-order valence-electron chi connectivity index (χ0n) is 16.8. The summed E-state index contributed by atoms with van der Waals surface area (Å²) in [5.41, 5.74) is 2.45. The molecule has 0 saturated heterocycles. The van der Waals surface area contributed by atoms with Crippen molar-refractivity contribution in [2.45, 2.75) is 32.6 Å². The number of aryl methyl sites for hydroxylation is 1. The lowest BCUT2D eigenvalue weighted by Crippen LogP contribution is -2.31. The molecular formula is C21H27N3O5. The highest BCUT2D eigenvalue weighted by Crippen LogP contribution is 2.29. The van der Waals surface area contributed by atoms with Crippen LogP contribution in [0.5, 0.6) is 0 Å². The third-order valence-corrected chi connectivity index (χ3v) is 5.44. The fourth-order valence-electron chi connectivity index (χ4n) is 3.75. The topological polar surface area (TPSA) is 108 Å². The molecule has 2 amide bonds. The quantitative estimate of drug-likeness (QED) is 0.602. The molecule has 8 heteroatoms. The summed E-state index contributed by atoms with van der Waals surface area (Å²) in [7, 11) is 1.26. The summed E-state index contributed by atoms with van der Waals surface area (Å²) in [4.78, 5) is 38.6. The molecule has 3 rings (SSSR count). The highest BCUT2D eigenvalue weighted by atomic mass is 16.5. The second kappa shape index (κ2) is 9.09. The van der Waals surface area contributed by atoms with Gasteiger partial charge in [0, 0.05) is 23.8 Å². The molecule has 1 aromatic rings. The number of esters is 1. The second-order valence-electron chi connectivity index (χ2n) is 7.42. The van der Waals surface area contributed by atoms with Gasteiger partial charge in [0.25, 0.3) is 5.91 Å². The summed E-state index contributed by atoms with van der Waals surface area (Å²) in [6, 6.07) is 5.42. The number of aliphatic hydroxyl groups excluding tert-OH is 1. The molecule has 0 atom stereocenters. The summed E-state index contributed by atoms with van der Waals surface area (Å²) < 4.78 is 4.81. The molecule has 0 unspecified atom stereocenters. The number of benzene rings is 1. The van der Waals surface area contributed by atoms with E-state index >= 15 is 0 Å². The number of amides is 2. The smallest absolute Gasteiger partial charge is 0.337 e. The maximum absolute atomic E-state index is 12.7. The Labute approximate surface area is 169 Å². The van der Waals surface area contributed by atoms with E-state index in [9.17, 15) is 14.4 Å². The van der Waals surface area contributed by atoms with Gasteiger partial charge in [-0.05, 0) is 37.5 Å². The molecule has 3 N–H and O–H groups in total. The van der Waals surface area contributed by atoms with Crippen LogP contribution >= 0.6 is 0 Å². The number of carbonyl (C=O) groups is 3. The van der Waals surface area contributed by atoms with Gasteiger partial charge in [0.05, 0.1) is 25.8 Å². The Balaban J connectivity index is 1.82. The van der Waals surface area contributed by atoms with Crippen LogP contribution in [-0.4, -0.2) is 54.6 Å². The fraction of sp³-hybridized carbons (Fsp3) is 0.476. The fourth-order valence-corrected chi connectivity index (χ4v) is 3.75. The largest absolute Gasteiger partial charge is 0.466 e. The van der Waals surface area contributed by atoms with Gasteiger partial charge in [0.1, 0.15) is 5.70 Å². The molecule has 0 spiro atoms. The first-order chi connectivity index (χ1) is 13.9. The number of aliphatic hydroxyl groups is 1. The van der Waals surface area contributed by atoms with E-state index < -0.39 is 5.97 Å². The van der Waals surface area contributed by atoms with E-state index in [0.717, 1.165) is 31.2 Å². The minimum atomic E-state index is -0.593. The van der Waals surface area contributed by atoms with Crippen LogP contribution in [0.3, 0.4) is 0 Å². The van der Waals surface area contributed by atoms with E-state index in [1.165, 1.54) is 12.0 Å². The van der Waals surface area contributed by atoms with E-state index in [-0.39, 0.29) is 48.7 Å². The van der Waals surface area contributed by atoms with Crippen LogP contribution in [0.4, 0.5) is 11.4 Å². The van der Waals surface area contributed by atoms with Gasteiger partial charge in [0.2, 0.25) is 5.91 Å². The molecule has 0 bridgehead atoms. The minimum absolute atomic E-state index is 0.0119. The highest BCUT2D eigenvalue weighted by molar-refractivity contribution is 6.08. The number of anilines is 2. The Kier molecular flexibility index (Phi) is 6.53. The summed E-state index contributed by atoms with van der Waals surface area (Å²) in [5.74, 6) is -0.911. The lowest BCUT2D eigenvalue weighted by Gasteiger charge is -2.16. The van der Waals surface area contributed by atoms with Crippen LogP contribution in [0.2, 0.25) is 0 Å². The van der Waals surface area contributed by atoms with Crippen LogP contribution in [0.15, 0.2) is 29.5 Å². The van der Waals surface area contributed by atoms with Gasteiger partial charge < -0.3 is 25.4 Å². The summed E-state index contributed by atoms with van der Waals surface area (Å²) >= 11 is 0. The number of methoxy groups -OCH3 is 1. The van der Waals surface area contributed by atoms with E-state index in [4.69, 9.17) is 9.84 Å². The number of nitrogens with one attached hydrogen (secondary N) is 2. The lowest BCUT2D eigenvalue weighted by atomic mass is 10.1. The van der Waals surface area contributed by atoms with Crippen molar-refractivity contribution in [2.75, 3.05) is 37.4 Å². The molecule has 1 saturated carbocycles. The average Bonchev–Trinajstić information content (AvgIpc) is 3.34. The molecule has 2 aliphatic rings. The molecule has 29 heavy (non-hydrogen) atoms. The Morgan fingerprint density at radius 1 is 1.28 bits per heavy atom. The van der Waals surface area contributed by atoms with Crippen molar-refractivity contribution in [1.82, 2.24) is 4.90 Å². The van der Waals surface area contributed by atoms with Gasteiger partial charge in [-0.15, -0.1) is 0 Å². The Morgan fingerprint density at radius 3 is 2.66 bits per heavy atom. The molecular weight excluding hydrogens is 374 g/mol. The van der Waals surface area contributed by atoms with Gasteiger partial charge in [-0.25, -0.2) is 4.79 Å². The molecule has 1 aromatic carbocycles. The maximum atomic E-state index is 12.7. The predicted octanol–water partition coefficient (Wildman–Crippen LogP) is 1.80. The van der Waals surface area contributed by atoms with Gasteiger partial charge in [0.15, 0.2) is 0 Å². The first kappa shape index (κ1) is 20.9. The minimum Gasteiger partial charge on any atom is -0.466 e. The molecule has 1 heterocycles. The molecule has 156 valence electrons. The van der Waals surface area contributed by atoms with Crippen LogP contribution in [0.1, 0.15) is 31.2 Å². The summed E-state index contributed by atoms with van der Waals surface area (Å²) in [5, 5.41) is 15.2. The molecule has 8 nitrogen and oxygen atoms in total. The van der Waals surface area contributed by atoms with E-state index in [1.54, 1.807) is 6.07 Å². The van der Waals surface area contributed by atoms with Gasteiger partial charge in [-0.2, -0.15) is 0 Å². The first-order valence-corrected chi connectivity index (χ1v) is 9.84. The van der Waals surface area contributed by atoms with Gasteiger partial charge >= 0.3 is 5.97 Å². The normalized spacial score (nSPS) is 17.1. The van der Waals surface area contributed by atoms with Crippen LogP contribution < -0.4 is 10.6 Å². The van der Waals surface area contributed by atoms with Crippen molar-refractivity contribution < 1.29 is 24.2 Å². The van der Waals surface area contributed by atoms with Gasteiger partial charge in [-0.3, -0.25) is 9.59 Å². The second-order valence-corrected chi connectivity index (χ2v) is 7.42. The van der Waals surface area contributed by atoms with E-state index in [0.29, 0.717) is 11.4 Å². The molecule has 1 aliphatic carbocycles. The third kappa shape index (κ3) is 4.59. The highest BCUT2D eigenvalue weighted by Gasteiger charge is 2.34. The predicted molar refractivity (Wildman–Crippen MR) is 108 cm³/mol. The number of hydrogen-bond acceptors (Lipinski definition) is 6. The van der Waals surface area contributed by atoms with Crippen molar-refractivity contribution >= 4 is 29.2 Å². The lowest BCUT2D eigenvalue weighted by molar-refractivity contribution is -0.136. The molecule has 0 radical (unpaired) electrons. The van der Waals surface area contributed by atoms with E-state index in [1.807, 2.05) is 19.1 Å². The Hall–Kier alpha value is -2.87. The molecule has 1 fully saturated rings. The summed E-state index contributed by atoms with van der Waals surface area (Å²) in [6.07, 6.45) is 3.98. The SMILES string of the molecule is COC(=O)C1=C(Nc2cc(NC(=O)C3CCCC3)ccc2C)C(=O)N(CCO)C1. The zero-order chi connectivity index (χ0) is 21.0. The van der Waals surface area contributed by atoms with Gasteiger partial charge in [-0.1, -0.05) is 18.9 Å². The number of hydrogen-bond donors (Lipinski definition) is 3. The van der Waals surface area contributed by atoms with Crippen molar-refractivity contribution in [3.63, 3.8) is 0 Å². The molecule has 0 aromatic heterocycles. The number of β-amino-alcohol motifs (C(OH)–C–C–N with tert-alkyl or cyclic N) is 1. The number of rotatable bonds is 7. The van der Waals surface area contributed by atoms with Crippen LogP contribution in [0.25, 0.3) is 0 Å². The average molecular weight is 401 g/mol. The standard InChI is InChI=1S/C21H27N3O5/c1-13-7-8-15(22-19(26)14-5-3-4-6-14)11-17(13)23-18-16(21(28)29-2)12-24(9-10-25)20(18)27/h7-8,11,14,23,25H,3-6,9-10,12H2,1-2H3,(H,22,26). The number of nitrogens with zero attached hydrogens (tertiary/aromatic N) is 1. The van der Waals surface area contributed by atoms with E-state index in [2.05, 4.69) is 10.6 Å². The Morgan fingerprint density at radius 2 is 2.00 bits per heavy atom. The zero-order valence-corrected chi connectivity index (χ0v) is 16.8. The monoisotopic (exact) mass is 401 g/mol. The summed E-state index contributed by atoms with van der Waals surface area (Å²) in [6.45, 7) is 1.87. The van der Waals surface area contributed by atoms with Crippen molar-refractivity contribution in [3.8, 4) is 0 Å². The van der Waals surface area contributed by atoms with Crippen LogP contribution in [0, 0.1) is 12.8 Å². The van der Waals surface area contributed by atoms with Crippen molar-refractivity contribution in [3.05, 3.63) is 35.0 Å². The molecule has 1 aliphatic heterocycles. The van der Waals surface area contributed by atoms with Crippen LogP contribution in [-0.2, 0) is 19.1 Å². The number of carbonyl (C=O) groups excluding carboxylic acids is 3. The third-order valence-electron chi connectivity index (χ3n) is 5.44. The van der Waals surface area contributed by atoms with Crippen molar-refractivity contribution in [1.29, 1.82) is 0 Å². The number of ether oxygens (including phenoxy) is 1. The first-order valence-electron chi connectivity index (χ1n) is 9.84. The maximum Gasteiger partial charge on any atom is 0.337 e. The van der Waals surface area contributed by atoms with Crippen molar-refractivity contribution in [2.24, 2.45) is 5.92 Å². The Bertz CT molecular complexity index is 843.